The summed E-state index contributed by atoms with van der Waals surface area (Å²) < 4.78 is 30.9. The van der Waals surface area contributed by atoms with Crippen molar-refractivity contribution < 1.29 is 27.9 Å². The van der Waals surface area contributed by atoms with E-state index in [1.807, 2.05) is 68.4 Å². The predicted octanol–water partition coefficient (Wildman–Crippen LogP) is 2.40. The number of hydrogen-bond donors (Lipinski definition) is 4. The fraction of sp³-hybridized carbons (Fsp3) is 0.424. The molecule has 1 saturated heterocycles. The number of carbonyl (C=O) groups is 2. The van der Waals surface area contributed by atoms with Crippen molar-refractivity contribution in [1.29, 1.82) is 0 Å². The van der Waals surface area contributed by atoms with Gasteiger partial charge in [0.15, 0.2) is 0 Å². The van der Waals surface area contributed by atoms with Crippen molar-refractivity contribution in [2.24, 2.45) is 0 Å². The Morgan fingerprint density at radius 1 is 1.15 bits per heavy atom. The lowest BCUT2D eigenvalue weighted by Crippen LogP contribution is -2.63. The molecule has 4 rings (SSSR count). The van der Waals surface area contributed by atoms with E-state index in [9.17, 15) is 23.1 Å². The fourth-order valence-electron chi connectivity index (χ4n) is 5.14. The van der Waals surface area contributed by atoms with Gasteiger partial charge in [0.2, 0.25) is 15.9 Å². The number of carbonyl (C=O) groups excluding carboxylic acids is 2. The zero-order valence-electron chi connectivity index (χ0n) is 26.9. The number of aromatic nitrogens is 1. The number of benzene rings is 2. The molecule has 0 bridgehead atoms. The van der Waals surface area contributed by atoms with Gasteiger partial charge in [0, 0.05) is 38.3 Å². The maximum absolute atomic E-state index is 13.8. The zero-order chi connectivity index (χ0) is 33.4. The van der Waals surface area contributed by atoms with E-state index in [0.717, 1.165) is 33.9 Å². The maximum atomic E-state index is 13.8. The topological polar surface area (TPSA) is 153 Å². The number of anilines is 2. The molecule has 1 aromatic heterocycles. The van der Waals surface area contributed by atoms with E-state index in [2.05, 4.69) is 20.9 Å². The molecule has 0 spiro atoms. The van der Waals surface area contributed by atoms with Crippen LogP contribution in [0, 0.1) is 0 Å². The third kappa shape index (κ3) is 8.95. The molecular formula is C33H44N6O6S. The van der Waals surface area contributed by atoms with Crippen LogP contribution in [-0.2, 0) is 27.8 Å². The van der Waals surface area contributed by atoms with Crippen molar-refractivity contribution in [2.75, 3.05) is 43.1 Å². The monoisotopic (exact) mass is 652 g/mol. The summed E-state index contributed by atoms with van der Waals surface area (Å²) in [5, 5.41) is 21.0. The SMILES string of the molecule is CCC(C)Nc1cc(C(=O)N[C@@H](Cc2ccccc2)[C@H](O)C2NCCN(Cc3ccc(OC)cc3)C2=O)cc(N(C)S(C)(=O)=O)n1. The second-order valence-electron chi connectivity index (χ2n) is 11.6. The highest BCUT2D eigenvalue weighted by Crippen LogP contribution is 2.22. The van der Waals surface area contributed by atoms with Crippen LogP contribution in [0.3, 0.4) is 0 Å². The number of hydrogen-bond acceptors (Lipinski definition) is 9. The van der Waals surface area contributed by atoms with Gasteiger partial charge in [-0.2, -0.15) is 0 Å². The van der Waals surface area contributed by atoms with Gasteiger partial charge in [-0.15, -0.1) is 0 Å². The van der Waals surface area contributed by atoms with Crippen molar-refractivity contribution in [3.8, 4) is 5.75 Å². The van der Waals surface area contributed by atoms with Crippen LogP contribution in [0.2, 0.25) is 0 Å². The number of methoxy groups -OCH3 is 1. The second-order valence-corrected chi connectivity index (χ2v) is 13.6. The first kappa shape index (κ1) is 34.7. The van der Waals surface area contributed by atoms with Gasteiger partial charge >= 0.3 is 0 Å². The number of ether oxygens (including phenoxy) is 1. The molecule has 4 atom stereocenters. The molecule has 0 saturated carbocycles. The van der Waals surface area contributed by atoms with Crippen LogP contribution in [0.4, 0.5) is 11.6 Å². The van der Waals surface area contributed by atoms with E-state index in [0.29, 0.717) is 25.5 Å². The van der Waals surface area contributed by atoms with Gasteiger partial charge in [0.1, 0.15) is 23.4 Å². The fourth-order valence-corrected chi connectivity index (χ4v) is 5.57. The molecule has 3 aromatic rings. The molecule has 248 valence electrons. The molecule has 1 aliphatic rings. The first-order chi connectivity index (χ1) is 21.9. The number of nitrogens with one attached hydrogen (secondary N) is 3. The molecular weight excluding hydrogens is 608 g/mol. The number of aliphatic hydroxyl groups is 1. The van der Waals surface area contributed by atoms with Crippen molar-refractivity contribution in [3.05, 3.63) is 83.4 Å². The average molecular weight is 653 g/mol. The minimum atomic E-state index is -3.66. The van der Waals surface area contributed by atoms with Crippen molar-refractivity contribution in [2.45, 2.75) is 57.5 Å². The van der Waals surface area contributed by atoms with Crippen LogP contribution in [0.5, 0.6) is 5.75 Å². The minimum absolute atomic E-state index is 0.0131. The minimum Gasteiger partial charge on any atom is -0.497 e. The van der Waals surface area contributed by atoms with Gasteiger partial charge in [-0.3, -0.25) is 13.9 Å². The molecule has 2 aromatic carbocycles. The standard InChI is InChI=1S/C33H44N6O6S/c1-6-22(2)35-28-19-25(20-29(37-28)38(3)46(5,43)44)32(41)36-27(18-23-10-8-7-9-11-23)31(40)30-33(42)39(17-16-34-30)21-24-12-14-26(45-4)15-13-24/h7-15,19-20,22,27,30-31,34,40H,6,16-18,21H2,1-5H3,(H,35,37)(H,36,41)/t22?,27-,30?,31-/m0/s1. The van der Waals surface area contributed by atoms with Gasteiger partial charge in [-0.25, -0.2) is 13.4 Å². The van der Waals surface area contributed by atoms with Gasteiger partial charge in [0.25, 0.3) is 5.91 Å². The number of pyridine rings is 1. The van der Waals surface area contributed by atoms with E-state index >= 15 is 0 Å². The summed E-state index contributed by atoms with van der Waals surface area (Å²) in [6, 6.07) is 18.0. The lowest BCUT2D eigenvalue weighted by atomic mass is 9.94. The second kappa shape index (κ2) is 15.4. The summed E-state index contributed by atoms with van der Waals surface area (Å²) in [7, 11) is -0.703. The zero-order valence-corrected chi connectivity index (χ0v) is 27.8. The molecule has 0 radical (unpaired) electrons. The predicted molar refractivity (Wildman–Crippen MR) is 178 cm³/mol. The lowest BCUT2D eigenvalue weighted by molar-refractivity contribution is -0.140. The number of piperazine rings is 1. The van der Waals surface area contributed by atoms with E-state index in [-0.39, 0.29) is 29.8 Å². The molecule has 2 heterocycles. The van der Waals surface area contributed by atoms with Crippen LogP contribution in [0.25, 0.3) is 0 Å². The number of rotatable bonds is 14. The summed E-state index contributed by atoms with van der Waals surface area (Å²) in [5.41, 5.74) is 1.94. The van der Waals surface area contributed by atoms with E-state index in [4.69, 9.17) is 4.74 Å². The van der Waals surface area contributed by atoms with Gasteiger partial charge in [0.05, 0.1) is 25.5 Å². The largest absolute Gasteiger partial charge is 0.497 e. The van der Waals surface area contributed by atoms with Crippen LogP contribution >= 0.6 is 0 Å². The van der Waals surface area contributed by atoms with Crippen LogP contribution in [0.15, 0.2) is 66.7 Å². The molecule has 2 amide bonds. The quantitative estimate of drug-likeness (QED) is 0.206. The number of nitrogens with zero attached hydrogens (tertiary/aromatic N) is 3. The number of aliphatic hydroxyl groups excluding tert-OH is 1. The number of sulfonamides is 1. The molecule has 1 fully saturated rings. The van der Waals surface area contributed by atoms with E-state index in [1.165, 1.54) is 13.1 Å². The molecule has 2 unspecified atom stereocenters. The summed E-state index contributed by atoms with van der Waals surface area (Å²) in [4.78, 5) is 33.6. The Kier molecular flexibility index (Phi) is 11.6. The van der Waals surface area contributed by atoms with Crippen LogP contribution in [0.1, 0.15) is 41.8 Å². The van der Waals surface area contributed by atoms with Gasteiger partial charge in [-0.05, 0) is 55.2 Å². The highest BCUT2D eigenvalue weighted by Gasteiger charge is 2.38. The van der Waals surface area contributed by atoms with Crippen molar-refractivity contribution >= 4 is 33.5 Å². The Morgan fingerprint density at radius 2 is 1.85 bits per heavy atom. The summed E-state index contributed by atoms with van der Waals surface area (Å²) >= 11 is 0. The first-order valence-corrected chi connectivity index (χ1v) is 17.1. The Balaban J connectivity index is 1.61. The molecule has 0 aliphatic carbocycles. The molecule has 4 N–H and O–H groups in total. The molecule has 1 aliphatic heterocycles. The van der Waals surface area contributed by atoms with Gasteiger partial charge in [-0.1, -0.05) is 49.4 Å². The van der Waals surface area contributed by atoms with Gasteiger partial charge < -0.3 is 30.7 Å². The number of amides is 2. The molecule has 46 heavy (non-hydrogen) atoms. The first-order valence-electron chi connectivity index (χ1n) is 15.3. The maximum Gasteiger partial charge on any atom is 0.251 e. The Labute approximate surface area is 271 Å². The highest BCUT2D eigenvalue weighted by molar-refractivity contribution is 7.92. The third-order valence-corrected chi connectivity index (χ3v) is 9.31. The van der Waals surface area contributed by atoms with Crippen molar-refractivity contribution in [1.82, 2.24) is 20.5 Å². The molecule has 13 heteroatoms. The summed E-state index contributed by atoms with van der Waals surface area (Å²) in [5.74, 6) is 0.305. The lowest BCUT2D eigenvalue weighted by Gasteiger charge is -2.38. The van der Waals surface area contributed by atoms with E-state index < -0.39 is 34.1 Å². The normalized spacial score (nSPS) is 17.1. The van der Waals surface area contributed by atoms with E-state index in [1.54, 1.807) is 18.1 Å². The Bertz CT molecular complexity index is 1590. The highest BCUT2D eigenvalue weighted by atomic mass is 32.2. The summed E-state index contributed by atoms with van der Waals surface area (Å²) in [6.45, 7) is 5.23. The third-order valence-electron chi connectivity index (χ3n) is 8.13. The Morgan fingerprint density at radius 3 is 2.48 bits per heavy atom. The van der Waals surface area contributed by atoms with Crippen LogP contribution < -0.4 is 25.0 Å². The van der Waals surface area contributed by atoms with Crippen LogP contribution in [-0.4, -0.2) is 93.0 Å². The average Bonchev–Trinajstić information content (AvgIpc) is 3.04. The molecule has 12 nitrogen and oxygen atoms in total. The Hall–Kier alpha value is -4.20. The van der Waals surface area contributed by atoms with Crippen molar-refractivity contribution in [3.63, 3.8) is 0 Å². The summed E-state index contributed by atoms with van der Waals surface area (Å²) in [6.07, 6.45) is 0.796. The smallest absolute Gasteiger partial charge is 0.251 e.